The summed E-state index contributed by atoms with van der Waals surface area (Å²) >= 11 is 0. The summed E-state index contributed by atoms with van der Waals surface area (Å²) in [7, 11) is -3.70. The molecule has 0 radical (unpaired) electrons. The third-order valence-corrected chi connectivity index (χ3v) is 6.54. The Morgan fingerprint density at radius 3 is 2.00 bits per heavy atom. The van der Waals surface area contributed by atoms with Gasteiger partial charge in [0.15, 0.2) is 0 Å². The SMILES string of the molecule is NS(=O)(=O)c1ccc(CCNC(=O)CCOCCOCCN(Cc2ccccn2)Cc2ccccn2)cc1. The van der Waals surface area contributed by atoms with Crippen LogP contribution in [0.25, 0.3) is 0 Å². The average Bonchev–Trinajstić information content (AvgIpc) is 2.91. The molecule has 204 valence electrons. The molecule has 0 bridgehead atoms. The van der Waals surface area contributed by atoms with Crippen LogP contribution in [-0.4, -0.2) is 68.7 Å². The molecule has 1 amide bonds. The molecule has 3 aromatic rings. The molecule has 0 unspecified atom stereocenters. The third-order valence-electron chi connectivity index (χ3n) is 5.61. The molecule has 38 heavy (non-hydrogen) atoms. The first-order valence-corrected chi connectivity index (χ1v) is 14.0. The van der Waals surface area contributed by atoms with Gasteiger partial charge in [0.2, 0.25) is 15.9 Å². The molecule has 0 aliphatic rings. The summed E-state index contributed by atoms with van der Waals surface area (Å²) in [5, 5.41) is 7.92. The first-order valence-electron chi connectivity index (χ1n) is 12.5. The molecular weight excluding hydrogens is 506 g/mol. The number of carbonyl (C=O) groups is 1. The van der Waals surface area contributed by atoms with E-state index >= 15 is 0 Å². The predicted octanol–water partition coefficient (Wildman–Crippen LogP) is 1.91. The largest absolute Gasteiger partial charge is 0.379 e. The Morgan fingerprint density at radius 1 is 0.842 bits per heavy atom. The van der Waals surface area contributed by atoms with Crippen LogP contribution in [0.1, 0.15) is 23.4 Å². The van der Waals surface area contributed by atoms with Crippen molar-refractivity contribution in [2.45, 2.75) is 30.8 Å². The van der Waals surface area contributed by atoms with Crippen LogP contribution in [0.5, 0.6) is 0 Å². The molecule has 0 saturated heterocycles. The number of nitrogens with zero attached hydrogens (tertiary/aromatic N) is 3. The van der Waals surface area contributed by atoms with Crippen molar-refractivity contribution >= 4 is 15.9 Å². The number of aromatic nitrogens is 2. The average molecular weight is 542 g/mol. The van der Waals surface area contributed by atoms with E-state index in [1.807, 2.05) is 36.4 Å². The van der Waals surface area contributed by atoms with Gasteiger partial charge in [-0.05, 0) is 48.4 Å². The van der Waals surface area contributed by atoms with E-state index in [0.717, 1.165) is 23.5 Å². The van der Waals surface area contributed by atoms with Crippen LogP contribution < -0.4 is 10.5 Å². The molecule has 0 fully saturated rings. The molecule has 3 rings (SSSR count). The number of sulfonamides is 1. The monoisotopic (exact) mass is 541 g/mol. The minimum absolute atomic E-state index is 0.0673. The van der Waals surface area contributed by atoms with E-state index < -0.39 is 10.0 Å². The number of benzene rings is 1. The highest BCUT2D eigenvalue weighted by Crippen LogP contribution is 2.09. The van der Waals surface area contributed by atoms with Crippen LogP contribution in [0.4, 0.5) is 0 Å². The number of rotatable bonds is 17. The van der Waals surface area contributed by atoms with Crippen molar-refractivity contribution in [3.05, 3.63) is 90.0 Å². The molecule has 0 spiro atoms. The van der Waals surface area contributed by atoms with Gasteiger partial charge in [0, 0.05) is 45.0 Å². The summed E-state index contributed by atoms with van der Waals surface area (Å²) in [6.07, 6.45) is 4.43. The van der Waals surface area contributed by atoms with Crippen molar-refractivity contribution in [1.82, 2.24) is 20.2 Å². The topological polar surface area (TPSA) is 137 Å². The van der Waals surface area contributed by atoms with E-state index in [-0.39, 0.29) is 17.2 Å². The van der Waals surface area contributed by atoms with Crippen molar-refractivity contribution in [3.63, 3.8) is 0 Å². The maximum absolute atomic E-state index is 12.0. The normalized spacial score (nSPS) is 11.5. The summed E-state index contributed by atoms with van der Waals surface area (Å²) in [6.45, 7) is 4.28. The molecule has 2 heterocycles. The summed E-state index contributed by atoms with van der Waals surface area (Å²) in [5.74, 6) is -0.105. The molecular formula is C27H35N5O5S. The quantitative estimate of drug-likeness (QED) is 0.247. The van der Waals surface area contributed by atoms with Gasteiger partial charge in [0.1, 0.15) is 0 Å². The first kappa shape index (κ1) is 29.3. The molecule has 2 aromatic heterocycles. The second-order valence-electron chi connectivity index (χ2n) is 8.62. The number of primary sulfonamides is 1. The van der Waals surface area contributed by atoms with Crippen molar-refractivity contribution in [3.8, 4) is 0 Å². The highest BCUT2D eigenvalue weighted by molar-refractivity contribution is 7.89. The fourth-order valence-corrected chi connectivity index (χ4v) is 4.13. The second kappa shape index (κ2) is 15.9. The lowest BCUT2D eigenvalue weighted by Crippen LogP contribution is -2.28. The minimum Gasteiger partial charge on any atom is -0.379 e. The molecule has 0 saturated carbocycles. The fourth-order valence-electron chi connectivity index (χ4n) is 3.62. The van der Waals surface area contributed by atoms with Gasteiger partial charge in [-0.3, -0.25) is 19.7 Å². The Bertz CT molecular complexity index is 1150. The van der Waals surface area contributed by atoms with E-state index in [1.54, 1.807) is 24.5 Å². The lowest BCUT2D eigenvalue weighted by atomic mass is 10.1. The summed E-state index contributed by atoms with van der Waals surface area (Å²) in [6, 6.07) is 18.1. The van der Waals surface area contributed by atoms with Gasteiger partial charge in [-0.15, -0.1) is 0 Å². The van der Waals surface area contributed by atoms with Crippen LogP contribution in [0.2, 0.25) is 0 Å². The van der Waals surface area contributed by atoms with Gasteiger partial charge >= 0.3 is 0 Å². The number of carbonyl (C=O) groups excluding carboxylic acids is 1. The second-order valence-corrected chi connectivity index (χ2v) is 10.2. The van der Waals surface area contributed by atoms with E-state index in [0.29, 0.717) is 52.5 Å². The number of ether oxygens (including phenoxy) is 2. The van der Waals surface area contributed by atoms with Crippen LogP contribution >= 0.6 is 0 Å². The standard InChI is InChI=1S/C27H35N5O5S/c28-38(34,35)26-9-7-23(8-10-26)11-15-31-27(33)12-17-36-19-20-37-18-16-32(21-24-5-1-3-13-29-24)22-25-6-2-4-14-30-25/h1-10,13-14H,11-12,15-22H2,(H,31,33)(H2,28,34,35). The van der Waals surface area contributed by atoms with Crippen molar-refractivity contribution in [1.29, 1.82) is 0 Å². The summed E-state index contributed by atoms with van der Waals surface area (Å²) < 4.78 is 33.8. The van der Waals surface area contributed by atoms with Crippen molar-refractivity contribution in [2.24, 2.45) is 5.14 Å². The van der Waals surface area contributed by atoms with Gasteiger partial charge in [-0.2, -0.15) is 0 Å². The number of pyridine rings is 2. The highest BCUT2D eigenvalue weighted by Gasteiger charge is 2.09. The van der Waals surface area contributed by atoms with Gasteiger partial charge in [0.05, 0.1) is 42.7 Å². The Morgan fingerprint density at radius 2 is 1.45 bits per heavy atom. The summed E-state index contributed by atoms with van der Waals surface area (Å²) in [5.41, 5.74) is 2.89. The molecule has 0 aliphatic carbocycles. The molecule has 11 heteroatoms. The van der Waals surface area contributed by atoms with Crippen LogP contribution in [-0.2, 0) is 43.8 Å². The maximum Gasteiger partial charge on any atom is 0.238 e. The third kappa shape index (κ3) is 11.4. The fraction of sp³-hybridized carbons (Fsp3) is 0.370. The van der Waals surface area contributed by atoms with Crippen LogP contribution in [0, 0.1) is 0 Å². The Labute approximate surface area is 224 Å². The Kier molecular flexibility index (Phi) is 12.3. The number of hydrogen-bond acceptors (Lipinski definition) is 8. The predicted molar refractivity (Wildman–Crippen MR) is 143 cm³/mol. The molecule has 3 N–H and O–H groups in total. The van der Waals surface area contributed by atoms with E-state index in [4.69, 9.17) is 14.6 Å². The van der Waals surface area contributed by atoms with Gasteiger partial charge in [-0.1, -0.05) is 24.3 Å². The van der Waals surface area contributed by atoms with E-state index in [2.05, 4.69) is 20.2 Å². The number of nitrogens with two attached hydrogens (primary N) is 1. The van der Waals surface area contributed by atoms with Crippen LogP contribution in [0.15, 0.2) is 78.0 Å². The lowest BCUT2D eigenvalue weighted by molar-refractivity contribution is -0.122. The molecule has 1 aromatic carbocycles. The van der Waals surface area contributed by atoms with Crippen molar-refractivity contribution in [2.75, 3.05) is 39.5 Å². The maximum atomic E-state index is 12.0. The molecule has 0 atom stereocenters. The Balaban J connectivity index is 1.24. The zero-order chi connectivity index (χ0) is 27.1. The Hall–Kier alpha value is -3.22. The minimum atomic E-state index is -3.70. The number of nitrogens with one attached hydrogen (secondary N) is 1. The van der Waals surface area contributed by atoms with Gasteiger partial charge in [-0.25, -0.2) is 13.6 Å². The van der Waals surface area contributed by atoms with Gasteiger partial charge < -0.3 is 14.8 Å². The van der Waals surface area contributed by atoms with Crippen molar-refractivity contribution < 1.29 is 22.7 Å². The number of hydrogen-bond donors (Lipinski definition) is 2. The van der Waals surface area contributed by atoms with E-state index in [1.165, 1.54) is 12.1 Å². The zero-order valence-electron chi connectivity index (χ0n) is 21.4. The first-order chi connectivity index (χ1) is 18.4. The van der Waals surface area contributed by atoms with Crippen LogP contribution in [0.3, 0.4) is 0 Å². The zero-order valence-corrected chi connectivity index (χ0v) is 22.2. The smallest absolute Gasteiger partial charge is 0.238 e. The highest BCUT2D eigenvalue weighted by atomic mass is 32.2. The number of amides is 1. The van der Waals surface area contributed by atoms with Gasteiger partial charge in [0.25, 0.3) is 0 Å². The molecule has 0 aliphatic heterocycles. The lowest BCUT2D eigenvalue weighted by Gasteiger charge is -2.21. The molecule has 10 nitrogen and oxygen atoms in total. The summed E-state index contributed by atoms with van der Waals surface area (Å²) in [4.78, 5) is 23.1. The van der Waals surface area contributed by atoms with E-state index in [9.17, 15) is 13.2 Å².